The Labute approximate surface area is 222 Å². The number of nitrogens with one attached hydrogen (secondary N) is 2. The molecule has 2 atom stereocenters. The van der Waals surface area contributed by atoms with Crippen molar-refractivity contribution in [2.24, 2.45) is 0 Å². The SMILES string of the molecule is CCCN(C(=O)C(CS)NC(=O)OC(C)(C)C)C(C(=O)Nc1c(C)cccc1Cl)c1ccc(O)cc1. The van der Waals surface area contributed by atoms with Crippen LogP contribution in [0.4, 0.5) is 10.5 Å². The number of phenols is 1. The van der Waals surface area contributed by atoms with E-state index in [1.807, 2.05) is 19.9 Å². The van der Waals surface area contributed by atoms with Crippen LogP contribution in [0.1, 0.15) is 51.3 Å². The van der Waals surface area contributed by atoms with Crippen LogP contribution >= 0.6 is 24.2 Å². The molecule has 0 saturated carbocycles. The average Bonchev–Trinajstić information content (AvgIpc) is 2.79. The summed E-state index contributed by atoms with van der Waals surface area (Å²) in [5, 5.41) is 15.6. The van der Waals surface area contributed by atoms with Gasteiger partial charge in [-0.1, -0.05) is 42.8 Å². The zero-order valence-electron chi connectivity index (χ0n) is 21.2. The van der Waals surface area contributed by atoms with Gasteiger partial charge in [0.25, 0.3) is 5.91 Å². The molecule has 0 aromatic heterocycles. The summed E-state index contributed by atoms with van der Waals surface area (Å²) in [5.41, 5.74) is 0.925. The molecule has 0 aliphatic carbocycles. The maximum Gasteiger partial charge on any atom is 0.408 e. The first-order valence-electron chi connectivity index (χ1n) is 11.6. The molecule has 3 N–H and O–H groups in total. The third-order valence-corrected chi connectivity index (χ3v) is 5.84. The summed E-state index contributed by atoms with van der Waals surface area (Å²) in [6, 6.07) is 9.18. The van der Waals surface area contributed by atoms with Crippen molar-refractivity contribution in [2.45, 2.75) is 58.7 Å². The Bertz CT molecular complexity index is 1050. The number of ether oxygens (including phenoxy) is 1. The van der Waals surface area contributed by atoms with E-state index < -0.39 is 35.6 Å². The van der Waals surface area contributed by atoms with Crippen LogP contribution in [-0.4, -0.2) is 51.9 Å². The molecule has 0 fully saturated rings. The maximum atomic E-state index is 13.7. The molecule has 36 heavy (non-hydrogen) atoms. The summed E-state index contributed by atoms with van der Waals surface area (Å²) in [4.78, 5) is 41.2. The Morgan fingerprint density at radius 1 is 1.14 bits per heavy atom. The van der Waals surface area contributed by atoms with E-state index in [9.17, 15) is 19.5 Å². The Morgan fingerprint density at radius 2 is 1.78 bits per heavy atom. The van der Waals surface area contributed by atoms with Crippen molar-refractivity contribution in [3.63, 3.8) is 0 Å². The molecule has 0 saturated heterocycles. The summed E-state index contributed by atoms with van der Waals surface area (Å²) in [6.45, 7) is 9.06. The summed E-state index contributed by atoms with van der Waals surface area (Å²) >= 11 is 10.6. The molecular weight excluding hydrogens is 502 g/mol. The second-order valence-electron chi connectivity index (χ2n) is 9.33. The standard InChI is InChI=1S/C26H34ClN3O5S/c1-6-14-30(24(33)20(15-36)28-25(34)35-26(3,4)5)22(17-10-12-18(31)13-11-17)23(32)29-21-16(2)8-7-9-19(21)27/h7-13,20,22,31,36H,6,14-15H2,1-5H3,(H,28,34)(H,29,32). The van der Waals surface area contributed by atoms with Crippen LogP contribution in [0.25, 0.3) is 0 Å². The van der Waals surface area contributed by atoms with E-state index >= 15 is 0 Å². The van der Waals surface area contributed by atoms with Crippen LogP contribution in [0, 0.1) is 6.92 Å². The third kappa shape index (κ3) is 8.06. The van der Waals surface area contributed by atoms with E-state index in [0.29, 0.717) is 22.7 Å². The van der Waals surface area contributed by atoms with Crippen LogP contribution in [-0.2, 0) is 14.3 Å². The number of anilines is 1. The van der Waals surface area contributed by atoms with Gasteiger partial charge in [-0.15, -0.1) is 0 Å². The van der Waals surface area contributed by atoms with Crippen molar-refractivity contribution < 1.29 is 24.2 Å². The second kappa shape index (κ2) is 12.9. The minimum atomic E-state index is -1.07. The molecule has 10 heteroatoms. The molecule has 0 spiro atoms. The molecule has 2 rings (SSSR count). The Balaban J connectivity index is 2.47. The van der Waals surface area contributed by atoms with Gasteiger partial charge in [0.05, 0.1) is 10.7 Å². The van der Waals surface area contributed by atoms with Gasteiger partial charge < -0.3 is 25.4 Å². The van der Waals surface area contributed by atoms with Crippen LogP contribution in [0.2, 0.25) is 5.02 Å². The molecule has 0 aliphatic heterocycles. The number of carbonyl (C=O) groups excluding carboxylic acids is 3. The zero-order valence-corrected chi connectivity index (χ0v) is 22.8. The highest BCUT2D eigenvalue weighted by Gasteiger charge is 2.36. The summed E-state index contributed by atoms with van der Waals surface area (Å²) in [5.74, 6) is -0.977. The molecule has 2 aromatic carbocycles. The number of amides is 3. The molecular formula is C26H34ClN3O5S. The van der Waals surface area contributed by atoms with E-state index in [4.69, 9.17) is 16.3 Å². The Kier molecular flexibility index (Phi) is 10.5. The minimum absolute atomic E-state index is 0.00811. The van der Waals surface area contributed by atoms with Gasteiger partial charge in [-0.05, 0) is 63.4 Å². The van der Waals surface area contributed by atoms with Gasteiger partial charge in [-0.3, -0.25) is 9.59 Å². The van der Waals surface area contributed by atoms with E-state index in [1.54, 1.807) is 45.0 Å². The highest BCUT2D eigenvalue weighted by Crippen LogP contribution is 2.30. The van der Waals surface area contributed by atoms with Crippen molar-refractivity contribution >= 4 is 47.8 Å². The zero-order chi connectivity index (χ0) is 27.0. The number of halogens is 1. The number of hydrogen-bond donors (Lipinski definition) is 4. The lowest BCUT2D eigenvalue weighted by Crippen LogP contribution is -2.53. The highest BCUT2D eigenvalue weighted by atomic mass is 35.5. The van der Waals surface area contributed by atoms with Crippen molar-refractivity contribution in [3.05, 3.63) is 58.6 Å². The molecule has 2 aromatic rings. The van der Waals surface area contributed by atoms with Gasteiger partial charge in [0.1, 0.15) is 23.4 Å². The summed E-state index contributed by atoms with van der Waals surface area (Å²) in [7, 11) is 0. The van der Waals surface area contributed by atoms with Crippen molar-refractivity contribution in [1.29, 1.82) is 0 Å². The number of aromatic hydroxyl groups is 1. The summed E-state index contributed by atoms with van der Waals surface area (Å²) < 4.78 is 5.29. The maximum absolute atomic E-state index is 13.7. The first kappa shape index (κ1) is 29.3. The van der Waals surface area contributed by atoms with Gasteiger partial charge in [0.15, 0.2) is 0 Å². The molecule has 0 bridgehead atoms. The lowest BCUT2D eigenvalue weighted by molar-refractivity contribution is -0.140. The molecule has 0 radical (unpaired) electrons. The number of alkyl carbamates (subject to hydrolysis) is 1. The molecule has 2 unspecified atom stereocenters. The van der Waals surface area contributed by atoms with E-state index in [-0.39, 0.29) is 18.0 Å². The lowest BCUT2D eigenvalue weighted by atomic mass is 10.0. The molecule has 3 amide bonds. The van der Waals surface area contributed by atoms with Crippen LogP contribution in [0.5, 0.6) is 5.75 Å². The van der Waals surface area contributed by atoms with Gasteiger partial charge in [0.2, 0.25) is 5.91 Å². The Morgan fingerprint density at radius 3 is 2.31 bits per heavy atom. The van der Waals surface area contributed by atoms with Gasteiger partial charge in [-0.2, -0.15) is 12.6 Å². The number of nitrogens with zero attached hydrogens (tertiary/aromatic N) is 1. The fourth-order valence-electron chi connectivity index (χ4n) is 3.55. The third-order valence-electron chi connectivity index (χ3n) is 5.16. The second-order valence-corrected chi connectivity index (χ2v) is 10.1. The topological polar surface area (TPSA) is 108 Å². The van der Waals surface area contributed by atoms with Crippen molar-refractivity contribution in [1.82, 2.24) is 10.2 Å². The van der Waals surface area contributed by atoms with Gasteiger partial charge in [-0.25, -0.2) is 4.79 Å². The predicted octanol–water partition coefficient (Wildman–Crippen LogP) is 5.10. The van der Waals surface area contributed by atoms with Crippen LogP contribution in [0.15, 0.2) is 42.5 Å². The summed E-state index contributed by atoms with van der Waals surface area (Å²) in [6.07, 6.45) is -0.214. The van der Waals surface area contributed by atoms with Crippen LogP contribution < -0.4 is 10.6 Å². The molecule has 196 valence electrons. The monoisotopic (exact) mass is 535 g/mol. The van der Waals surface area contributed by atoms with Gasteiger partial charge >= 0.3 is 6.09 Å². The predicted molar refractivity (Wildman–Crippen MR) is 145 cm³/mol. The first-order valence-corrected chi connectivity index (χ1v) is 12.6. The van der Waals surface area contributed by atoms with E-state index in [0.717, 1.165) is 5.56 Å². The normalized spacial score (nSPS) is 12.9. The lowest BCUT2D eigenvalue weighted by Gasteiger charge is -2.34. The Hall–Kier alpha value is -2.91. The number of para-hydroxylation sites is 1. The quantitative estimate of drug-likeness (QED) is 0.334. The van der Waals surface area contributed by atoms with Crippen molar-refractivity contribution in [2.75, 3.05) is 17.6 Å². The van der Waals surface area contributed by atoms with Gasteiger partial charge in [0, 0.05) is 12.3 Å². The number of phenolic OH excluding ortho intramolecular Hbond substituents is 1. The number of thiol groups is 1. The first-order chi connectivity index (χ1) is 16.9. The highest BCUT2D eigenvalue weighted by molar-refractivity contribution is 7.80. The molecule has 8 nitrogen and oxygen atoms in total. The van der Waals surface area contributed by atoms with Crippen LogP contribution in [0.3, 0.4) is 0 Å². The van der Waals surface area contributed by atoms with E-state index in [1.165, 1.54) is 17.0 Å². The number of benzene rings is 2. The number of hydrogen-bond acceptors (Lipinski definition) is 6. The molecule has 0 heterocycles. The van der Waals surface area contributed by atoms with E-state index in [2.05, 4.69) is 23.3 Å². The number of carbonyl (C=O) groups is 3. The number of aryl methyl sites for hydroxylation is 1. The number of rotatable bonds is 9. The molecule has 0 aliphatic rings. The van der Waals surface area contributed by atoms with Crippen molar-refractivity contribution in [3.8, 4) is 5.75 Å². The average molecular weight is 536 g/mol. The minimum Gasteiger partial charge on any atom is -0.508 e. The smallest absolute Gasteiger partial charge is 0.408 e. The fourth-order valence-corrected chi connectivity index (χ4v) is 4.07. The largest absolute Gasteiger partial charge is 0.508 e. The fraction of sp³-hybridized carbons (Fsp3) is 0.423.